The highest BCUT2D eigenvalue weighted by atomic mass is 35.5. The van der Waals surface area contributed by atoms with Gasteiger partial charge in [-0.05, 0) is 49.5 Å². The maximum atomic E-state index is 12.3. The van der Waals surface area contributed by atoms with Gasteiger partial charge in [-0.1, -0.05) is 18.5 Å². The first-order chi connectivity index (χ1) is 13.0. The van der Waals surface area contributed by atoms with Gasteiger partial charge < -0.3 is 19.1 Å². The van der Waals surface area contributed by atoms with Crippen LogP contribution in [0.15, 0.2) is 18.2 Å². The molecular formula is C20H26ClNO5. The molecule has 0 aromatic heterocycles. The second-order valence-corrected chi connectivity index (χ2v) is 6.73. The van der Waals surface area contributed by atoms with Gasteiger partial charge in [-0.15, -0.1) is 0 Å². The van der Waals surface area contributed by atoms with E-state index in [1.165, 1.54) is 20.3 Å². The predicted molar refractivity (Wildman–Crippen MR) is 104 cm³/mol. The Morgan fingerprint density at radius 2 is 2.04 bits per heavy atom. The number of carbonyl (C=O) groups is 2. The average molecular weight is 396 g/mol. The number of likely N-dealkylation sites (tertiary alicyclic amines) is 1. The smallest absolute Gasteiger partial charge is 0.331 e. The van der Waals surface area contributed by atoms with Crippen molar-refractivity contribution in [3.05, 3.63) is 28.8 Å². The number of halogens is 1. The number of piperidine rings is 1. The van der Waals surface area contributed by atoms with Crippen molar-refractivity contribution in [2.45, 2.75) is 38.6 Å². The summed E-state index contributed by atoms with van der Waals surface area (Å²) in [5.74, 6) is 0.164. The lowest BCUT2D eigenvalue weighted by Gasteiger charge is -2.35. The van der Waals surface area contributed by atoms with E-state index >= 15 is 0 Å². The monoisotopic (exact) mass is 395 g/mol. The number of benzene rings is 1. The van der Waals surface area contributed by atoms with Crippen LogP contribution in [0.5, 0.6) is 11.5 Å². The summed E-state index contributed by atoms with van der Waals surface area (Å²) < 4.78 is 15.5. The Morgan fingerprint density at radius 3 is 2.70 bits per heavy atom. The fraction of sp³-hybridized carbons (Fsp3) is 0.500. The molecule has 7 heteroatoms. The minimum absolute atomic E-state index is 0.141. The molecule has 1 aliphatic rings. The van der Waals surface area contributed by atoms with E-state index in [2.05, 4.69) is 6.92 Å². The van der Waals surface area contributed by atoms with Gasteiger partial charge in [-0.25, -0.2) is 4.79 Å². The number of nitrogens with zero attached hydrogens (tertiary/aromatic N) is 1. The molecule has 1 unspecified atom stereocenters. The van der Waals surface area contributed by atoms with E-state index in [4.69, 9.17) is 25.8 Å². The minimum Gasteiger partial charge on any atom is -0.493 e. The second kappa shape index (κ2) is 10.2. The van der Waals surface area contributed by atoms with Crippen LogP contribution in [0.25, 0.3) is 6.08 Å². The molecule has 1 atom stereocenters. The molecular weight excluding hydrogens is 370 g/mol. The number of amides is 1. The largest absolute Gasteiger partial charge is 0.493 e. The SMILES string of the molecule is CCC1CCCCN1C(=O)COC(=O)/C=C/c1cc(Cl)c(OC)c(OC)c1. The predicted octanol–water partition coefficient (Wildman–Crippen LogP) is 3.70. The van der Waals surface area contributed by atoms with Gasteiger partial charge in [-0.2, -0.15) is 0 Å². The Morgan fingerprint density at radius 1 is 1.26 bits per heavy atom. The van der Waals surface area contributed by atoms with E-state index in [0.717, 1.165) is 32.2 Å². The van der Waals surface area contributed by atoms with Gasteiger partial charge in [0.15, 0.2) is 18.1 Å². The molecule has 2 rings (SSSR count). The molecule has 0 aliphatic carbocycles. The van der Waals surface area contributed by atoms with Crippen LogP contribution in [0, 0.1) is 0 Å². The maximum absolute atomic E-state index is 12.3. The first kappa shape index (κ1) is 21.1. The van der Waals surface area contributed by atoms with Gasteiger partial charge in [0.05, 0.1) is 19.2 Å². The lowest BCUT2D eigenvalue weighted by Crippen LogP contribution is -2.45. The number of hydrogen-bond acceptors (Lipinski definition) is 5. The van der Waals surface area contributed by atoms with Crippen molar-refractivity contribution in [3.8, 4) is 11.5 Å². The highest BCUT2D eigenvalue weighted by Crippen LogP contribution is 2.36. The fourth-order valence-electron chi connectivity index (χ4n) is 3.22. The van der Waals surface area contributed by atoms with Crippen molar-refractivity contribution in [1.29, 1.82) is 0 Å². The van der Waals surface area contributed by atoms with Crippen molar-refractivity contribution in [2.75, 3.05) is 27.4 Å². The Balaban J connectivity index is 1.93. The molecule has 0 N–H and O–H groups in total. The summed E-state index contributed by atoms with van der Waals surface area (Å²) in [6, 6.07) is 3.59. The number of hydrogen-bond donors (Lipinski definition) is 0. The lowest BCUT2D eigenvalue weighted by atomic mass is 10.00. The van der Waals surface area contributed by atoms with Crippen molar-refractivity contribution in [3.63, 3.8) is 0 Å². The van der Waals surface area contributed by atoms with Crippen LogP contribution in [0.1, 0.15) is 38.2 Å². The van der Waals surface area contributed by atoms with Gasteiger partial charge in [0.2, 0.25) is 0 Å². The molecule has 0 spiro atoms. The summed E-state index contributed by atoms with van der Waals surface area (Å²) in [6.45, 7) is 2.56. The summed E-state index contributed by atoms with van der Waals surface area (Å²) in [6.07, 6.45) is 6.87. The Kier molecular flexibility index (Phi) is 7.98. The summed E-state index contributed by atoms with van der Waals surface area (Å²) in [4.78, 5) is 26.1. The molecule has 6 nitrogen and oxygen atoms in total. The first-order valence-electron chi connectivity index (χ1n) is 9.06. The Bertz CT molecular complexity index is 704. The highest BCUT2D eigenvalue weighted by molar-refractivity contribution is 6.32. The molecule has 1 saturated heterocycles. The molecule has 1 aromatic rings. The van der Waals surface area contributed by atoms with Crippen LogP contribution in [-0.2, 0) is 14.3 Å². The number of ether oxygens (including phenoxy) is 3. The van der Waals surface area contributed by atoms with Gasteiger partial charge in [0.1, 0.15) is 0 Å². The maximum Gasteiger partial charge on any atom is 0.331 e. The van der Waals surface area contributed by atoms with E-state index < -0.39 is 5.97 Å². The summed E-state index contributed by atoms with van der Waals surface area (Å²) >= 11 is 6.14. The molecule has 0 saturated carbocycles. The standard InChI is InChI=1S/C20H26ClNO5/c1-4-15-7-5-6-10-22(15)18(23)13-27-19(24)9-8-14-11-16(21)20(26-3)17(12-14)25-2/h8-9,11-12,15H,4-7,10,13H2,1-3H3/b9-8+. The van der Waals surface area contributed by atoms with Gasteiger partial charge >= 0.3 is 5.97 Å². The topological polar surface area (TPSA) is 65.1 Å². The van der Waals surface area contributed by atoms with Crippen LogP contribution >= 0.6 is 11.6 Å². The van der Waals surface area contributed by atoms with E-state index in [1.807, 2.05) is 4.90 Å². The lowest BCUT2D eigenvalue weighted by molar-refractivity contribution is -0.150. The van der Waals surface area contributed by atoms with Crippen LogP contribution in [0.2, 0.25) is 5.02 Å². The molecule has 1 aromatic carbocycles. The van der Waals surface area contributed by atoms with Crippen molar-refractivity contribution in [2.24, 2.45) is 0 Å². The van der Waals surface area contributed by atoms with Crippen molar-refractivity contribution < 1.29 is 23.8 Å². The van der Waals surface area contributed by atoms with Crippen molar-refractivity contribution in [1.82, 2.24) is 4.90 Å². The summed E-state index contributed by atoms with van der Waals surface area (Å²) in [5.41, 5.74) is 0.656. The van der Waals surface area contributed by atoms with Crippen LogP contribution in [0.3, 0.4) is 0 Å². The zero-order valence-corrected chi connectivity index (χ0v) is 16.8. The Hall–Kier alpha value is -2.21. The average Bonchev–Trinajstić information content (AvgIpc) is 2.69. The summed E-state index contributed by atoms with van der Waals surface area (Å²) in [5, 5.41) is 0.371. The molecule has 148 valence electrons. The third kappa shape index (κ3) is 5.63. The van der Waals surface area contributed by atoms with Gasteiger partial charge in [0.25, 0.3) is 5.91 Å². The van der Waals surface area contributed by atoms with Crippen LogP contribution in [-0.4, -0.2) is 50.2 Å². The third-order valence-corrected chi connectivity index (χ3v) is 4.91. The van der Waals surface area contributed by atoms with E-state index in [1.54, 1.807) is 18.2 Å². The molecule has 27 heavy (non-hydrogen) atoms. The zero-order chi connectivity index (χ0) is 19.8. The quantitative estimate of drug-likeness (QED) is 0.520. The molecule has 0 bridgehead atoms. The fourth-order valence-corrected chi connectivity index (χ4v) is 3.51. The molecule has 1 heterocycles. The van der Waals surface area contributed by atoms with Crippen LogP contribution < -0.4 is 9.47 Å². The van der Waals surface area contributed by atoms with Gasteiger partial charge in [0, 0.05) is 18.7 Å². The Labute approximate surface area is 165 Å². The third-order valence-electron chi connectivity index (χ3n) is 4.62. The minimum atomic E-state index is -0.584. The number of carbonyl (C=O) groups excluding carboxylic acids is 2. The van der Waals surface area contributed by atoms with E-state index in [-0.39, 0.29) is 18.6 Å². The molecule has 1 amide bonds. The van der Waals surface area contributed by atoms with Gasteiger partial charge in [-0.3, -0.25) is 4.79 Å². The first-order valence-corrected chi connectivity index (χ1v) is 9.43. The van der Waals surface area contributed by atoms with Crippen LogP contribution in [0.4, 0.5) is 0 Å². The number of rotatable bonds is 7. The number of esters is 1. The summed E-state index contributed by atoms with van der Waals surface area (Å²) in [7, 11) is 3.00. The van der Waals surface area contributed by atoms with E-state index in [9.17, 15) is 9.59 Å². The molecule has 1 aliphatic heterocycles. The molecule has 0 radical (unpaired) electrons. The second-order valence-electron chi connectivity index (χ2n) is 6.32. The van der Waals surface area contributed by atoms with E-state index in [0.29, 0.717) is 22.1 Å². The highest BCUT2D eigenvalue weighted by Gasteiger charge is 2.25. The number of methoxy groups -OCH3 is 2. The normalized spacial score (nSPS) is 17.0. The van der Waals surface area contributed by atoms with Crippen molar-refractivity contribution >= 4 is 29.6 Å². The zero-order valence-electron chi connectivity index (χ0n) is 16.0. The molecule has 1 fully saturated rings.